The molecular weight excluding hydrogens is 248 g/mol. The third-order valence-corrected chi connectivity index (χ3v) is 3.34. The van der Waals surface area contributed by atoms with Crippen molar-refractivity contribution < 1.29 is 19.5 Å². The van der Waals surface area contributed by atoms with Gasteiger partial charge >= 0.3 is 5.97 Å². The average Bonchev–Trinajstić information content (AvgIpc) is 2.74. The zero-order valence-corrected chi connectivity index (χ0v) is 11.7. The van der Waals surface area contributed by atoms with Crippen molar-refractivity contribution in [2.24, 2.45) is 5.41 Å². The van der Waals surface area contributed by atoms with Crippen molar-refractivity contribution >= 4 is 17.8 Å². The van der Waals surface area contributed by atoms with Gasteiger partial charge in [0.2, 0.25) is 11.8 Å². The smallest absolute Gasteiger partial charge is 0.329 e. The molecule has 0 radical (unpaired) electrons. The summed E-state index contributed by atoms with van der Waals surface area (Å²) >= 11 is 0. The third-order valence-electron chi connectivity index (χ3n) is 3.34. The van der Waals surface area contributed by atoms with Gasteiger partial charge in [0.25, 0.3) is 0 Å². The van der Waals surface area contributed by atoms with Gasteiger partial charge in [-0.15, -0.1) is 0 Å². The molecule has 6 heteroatoms. The molecule has 2 amide bonds. The zero-order chi connectivity index (χ0) is 14.7. The first-order valence-corrected chi connectivity index (χ1v) is 6.50. The van der Waals surface area contributed by atoms with Crippen molar-refractivity contribution in [3.8, 4) is 0 Å². The van der Waals surface area contributed by atoms with Crippen molar-refractivity contribution in [1.29, 1.82) is 0 Å². The normalized spacial score (nSPS) is 17.8. The number of carbonyl (C=O) groups excluding carboxylic acids is 2. The van der Waals surface area contributed by atoms with Crippen molar-refractivity contribution in [2.45, 2.75) is 52.0 Å². The molecule has 3 N–H and O–H groups in total. The maximum Gasteiger partial charge on any atom is 0.329 e. The molecule has 0 aliphatic heterocycles. The van der Waals surface area contributed by atoms with E-state index < -0.39 is 22.8 Å². The van der Waals surface area contributed by atoms with Crippen molar-refractivity contribution in [3.05, 3.63) is 0 Å². The lowest BCUT2D eigenvalue weighted by atomic mass is 9.95. The number of amides is 2. The molecule has 0 aromatic carbocycles. The number of carbonyl (C=O) groups is 3. The quantitative estimate of drug-likeness (QED) is 0.699. The summed E-state index contributed by atoms with van der Waals surface area (Å²) in [6.07, 6.45) is 2.48. The van der Waals surface area contributed by atoms with E-state index in [0.29, 0.717) is 12.8 Å². The number of hydrogen-bond acceptors (Lipinski definition) is 3. The molecule has 0 saturated heterocycles. The second-order valence-electron chi connectivity index (χ2n) is 6.08. The van der Waals surface area contributed by atoms with E-state index >= 15 is 0 Å². The first-order chi connectivity index (χ1) is 8.67. The van der Waals surface area contributed by atoms with Crippen LogP contribution in [-0.4, -0.2) is 35.0 Å². The first-order valence-electron chi connectivity index (χ1n) is 6.50. The maximum atomic E-state index is 11.8. The minimum absolute atomic E-state index is 0.189. The van der Waals surface area contributed by atoms with E-state index in [1.54, 1.807) is 20.8 Å². The highest BCUT2D eigenvalue weighted by Crippen LogP contribution is 2.29. The fraction of sp³-hybridized carbons (Fsp3) is 0.769. The molecular formula is C13H22N2O4. The standard InChI is InChI=1S/C13H22N2O4/c1-12(2,3)10(17)14-8-9(16)15-13(11(18)19)6-4-5-7-13/h4-8H2,1-3H3,(H,14,17)(H,15,16)(H,18,19). The van der Waals surface area contributed by atoms with Gasteiger partial charge in [-0.1, -0.05) is 33.6 Å². The van der Waals surface area contributed by atoms with E-state index in [4.69, 9.17) is 0 Å². The molecule has 0 atom stereocenters. The van der Waals surface area contributed by atoms with E-state index in [0.717, 1.165) is 12.8 Å². The second-order valence-corrected chi connectivity index (χ2v) is 6.08. The van der Waals surface area contributed by atoms with Gasteiger partial charge in [-0.3, -0.25) is 9.59 Å². The van der Waals surface area contributed by atoms with Crippen molar-refractivity contribution in [1.82, 2.24) is 10.6 Å². The molecule has 0 heterocycles. The summed E-state index contributed by atoms with van der Waals surface area (Å²) in [5.74, 6) is -1.69. The molecule has 0 bridgehead atoms. The van der Waals surface area contributed by atoms with Crippen LogP contribution in [-0.2, 0) is 14.4 Å². The Balaban J connectivity index is 2.51. The SMILES string of the molecule is CC(C)(C)C(=O)NCC(=O)NC1(C(=O)O)CCCC1. The molecule has 6 nitrogen and oxygen atoms in total. The molecule has 0 unspecified atom stereocenters. The summed E-state index contributed by atoms with van der Waals surface area (Å²) in [5.41, 5.74) is -1.72. The van der Waals surface area contributed by atoms with Gasteiger partial charge in [-0.25, -0.2) is 4.79 Å². The molecule has 19 heavy (non-hydrogen) atoms. The van der Waals surface area contributed by atoms with E-state index in [1.165, 1.54) is 0 Å². The Morgan fingerprint density at radius 2 is 1.68 bits per heavy atom. The fourth-order valence-electron chi connectivity index (χ4n) is 2.11. The Morgan fingerprint density at radius 3 is 2.11 bits per heavy atom. The van der Waals surface area contributed by atoms with E-state index in [9.17, 15) is 19.5 Å². The maximum absolute atomic E-state index is 11.8. The van der Waals surface area contributed by atoms with Gasteiger partial charge in [0.05, 0.1) is 6.54 Å². The molecule has 1 fully saturated rings. The van der Waals surface area contributed by atoms with Gasteiger partial charge in [0.15, 0.2) is 0 Å². The van der Waals surface area contributed by atoms with Gasteiger partial charge in [-0.05, 0) is 12.8 Å². The summed E-state index contributed by atoms with van der Waals surface area (Å²) in [6, 6.07) is 0. The number of aliphatic carboxylic acids is 1. The topological polar surface area (TPSA) is 95.5 Å². The molecule has 1 aliphatic carbocycles. The Kier molecular flexibility index (Phi) is 4.55. The molecule has 1 saturated carbocycles. The molecule has 0 aromatic rings. The van der Waals surface area contributed by atoms with E-state index in [2.05, 4.69) is 10.6 Å². The number of carboxylic acids is 1. The van der Waals surface area contributed by atoms with Crippen LogP contribution < -0.4 is 10.6 Å². The zero-order valence-electron chi connectivity index (χ0n) is 11.7. The van der Waals surface area contributed by atoms with Crippen LogP contribution in [0.5, 0.6) is 0 Å². The highest BCUT2D eigenvalue weighted by atomic mass is 16.4. The average molecular weight is 270 g/mol. The Morgan fingerprint density at radius 1 is 1.16 bits per heavy atom. The third kappa shape index (κ3) is 3.94. The van der Waals surface area contributed by atoms with Crippen LogP contribution in [0, 0.1) is 5.41 Å². The second kappa shape index (κ2) is 5.59. The highest BCUT2D eigenvalue weighted by molar-refractivity contribution is 5.91. The summed E-state index contributed by atoms with van der Waals surface area (Å²) in [4.78, 5) is 34.6. The van der Waals surface area contributed by atoms with Crippen molar-refractivity contribution in [3.63, 3.8) is 0 Å². The van der Waals surface area contributed by atoms with Gasteiger partial charge in [0, 0.05) is 5.41 Å². The fourth-order valence-corrected chi connectivity index (χ4v) is 2.11. The van der Waals surface area contributed by atoms with Crippen LogP contribution in [0.1, 0.15) is 46.5 Å². The predicted molar refractivity (Wildman–Crippen MR) is 69.4 cm³/mol. The number of carboxylic acid groups (broad SMARTS) is 1. The number of nitrogens with one attached hydrogen (secondary N) is 2. The molecule has 1 rings (SSSR count). The van der Waals surface area contributed by atoms with Crippen LogP contribution in [0.15, 0.2) is 0 Å². The van der Waals surface area contributed by atoms with Crippen LogP contribution in [0.2, 0.25) is 0 Å². The molecule has 1 aliphatic rings. The van der Waals surface area contributed by atoms with Crippen LogP contribution in [0.3, 0.4) is 0 Å². The van der Waals surface area contributed by atoms with Gasteiger partial charge < -0.3 is 15.7 Å². The highest BCUT2D eigenvalue weighted by Gasteiger charge is 2.42. The number of rotatable bonds is 4. The Labute approximate surface area is 112 Å². The predicted octanol–water partition coefficient (Wildman–Crippen LogP) is 0.662. The molecule has 0 aromatic heterocycles. The molecule has 0 spiro atoms. The summed E-state index contributed by atoms with van der Waals surface area (Å²) < 4.78 is 0. The van der Waals surface area contributed by atoms with E-state index in [1.807, 2.05) is 0 Å². The van der Waals surface area contributed by atoms with Crippen LogP contribution in [0.25, 0.3) is 0 Å². The minimum Gasteiger partial charge on any atom is -0.480 e. The van der Waals surface area contributed by atoms with Gasteiger partial charge in [-0.2, -0.15) is 0 Å². The largest absolute Gasteiger partial charge is 0.480 e. The Hall–Kier alpha value is -1.59. The first kappa shape index (κ1) is 15.5. The lowest BCUT2D eigenvalue weighted by Crippen LogP contribution is -2.55. The Bertz CT molecular complexity index is 379. The van der Waals surface area contributed by atoms with Crippen LogP contribution >= 0.6 is 0 Å². The number of hydrogen-bond donors (Lipinski definition) is 3. The molecule has 108 valence electrons. The van der Waals surface area contributed by atoms with Crippen LogP contribution in [0.4, 0.5) is 0 Å². The van der Waals surface area contributed by atoms with Crippen molar-refractivity contribution in [2.75, 3.05) is 6.54 Å². The summed E-state index contributed by atoms with van der Waals surface area (Å²) in [7, 11) is 0. The van der Waals surface area contributed by atoms with E-state index in [-0.39, 0.29) is 12.5 Å². The summed E-state index contributed by atoms with van der Waals surface area (Å²) in [5, 5.41) is 14.3. The van der Waals surface area contributed by atoms with Gasteiger partial charge in [0.1, 0.15) is 5.54 Å². The lowest BCUT2D eigenvalue weighted by molar-refractivity contribution is -0.147. The lowest BCUT2D eigenvalue weighted by Gasteiger charge is -2.25. The monoisotopic (exact) mass is 270 g/mol. The summed E-state index contributed by atoms with van der Waals surface area (Å²) in [6.45, 7) is 5.05. The minimum atomic E-state index is -1.15.